The Labute approximate surface area is 182 Å². The van der Waals surface area contributed by atoms with Gasteiger partial charge in [-0.15, -0.1) is 0 Å². The monoisotopic (exact) mass is 432 g/mol. The Balaban J connectivity index is 1.45. The maximum Gasteiger partial charge on any atom is 0.229 e. The predicted molar refractivity (Wildman–Crippen MR) is 120 cm³/mol. The summed E-state index contributed by atoms with van der Waals surface area (Å²) in [5.41, 5.74) is 1.96. The average Bonchev–Trinajstić information content (AvgIpc) is 3.28. The lowest BCUT2D eigenvalue weighted by molar-refractivity contribution is 0.120. The number of nitrogens with one attached hydrogen (secondary N) is 2. The maximum absolute atomic E-state index is 6.26. The summed E-state index contributed by atoms with van der Waals surface area (Å²) in [6.45, 7) is 5.57. The largest absolute Gasteiger partial charge is 0.495 e. The van der Waals surface area contributed by atoms with Crippen molar-refractivity contribution in [3.63, 3.8) is 0 Å². The molecular weight excluding hydrogens is 404 g/mol. The lowest BCUT2D eigenvalue weighted by atomic mass is 10.2. The summed E-state index contributed by atoms with van der Waals surface area (Å²) in [4.78, 5) is 13.5. The van der Waals surface area contributed by atoms with Crippen molar-refractivity contribution in [2.75, 3.05) is 69.0 Å². The van der Waals surface area contributed by atoms with E-state index in [4.69, 9.17) is 21.1 Å². The lowest BCUT2D eigenvalue weighted by Gasteiger charge is -2.34. The van der Waals surface area contributed by atoms with Crippen LogP contribution in [-0.2, 0) is 4.74 Å². The molecule has 0 bridgehead atoms. The maximum atomic E-state index is 6.26. The number of benzene rings is 1. The van der Waals surface area contributed by atoms with Crippen LogP contribution in [0.3, 0.4) is 0 Å². The summed E-state index contributed by atoms with van der Waals surface area (Å²) in [7, 11) is 3.85. The molecule has 0 spiro atoms. The molecule has 2 N–H and O–H groups in total. The predicted octanol–water partition coefficient (Wildman–Crippen LogP) is 3.22. The van der Waals surface area contributed by atoms with E-state index in [1.807, 2.05) is 12.1 Å². The highest BCUT2D eigenvalue weighted by molar-refractivity contribution is 6.32. The highest BCUT2D eigenvalue weighted by Crippen LogP contribution is 2.33. The number of methoxy groups -OCH3 is 1. The van der Waals surface area contributed by atoms with Gasteiger partial charge in [-0.2, -0.15) is 4.98 Å². The highest BCUT2D eigenvalue weighted by Gasteiger charge is 2.19. The third kappa shape index (κ3) is 5.06. The minimum absolute atomic E-state index is 0.207. The minimum atomic E-state index is 0.207. The second kappa shape index (κ2) is 9.68. The molecule has 0 aliphatic carbocycles. The Hall–Kier alpha value is -2.29. The number of halogens is 1. The van der Waals surface area contributed by atoms with E-state index in [9.17, 15) is 0 Å². The fourth-order valence-corrected chi connectivity index (χ4v) is 3.92. The second-order valence-electron chi connectivity index (χ2n) is 7.71. The van der Waals surface area contributed by atoms with Gasteiger partial charge in [-0.1, -0.05) is 11.6 Å². The molecule has 4 rings (SSSR count). The van der Waals surface area contributed by atoms with E-state index >= 15 is 0 Å². The zero-order valence-corrected chi connectivity index (χ0v) is 18.3. The van der Waals surface area contributed by atoms with Crippen LogP contribution in [0.25, 0.3) is 0 Å². The molecule has 30 heavy (non-hydrogen) atoms. The molecule has 0 unspecified atom stereocenters. The number of likely N-dealkylation sites (N-methyl/N-ethyl adjacent to an activating group) is 1. The molecule has 9 heteroatoms. The number of hydrogen-bond donors (Lipinski definition) is 2. The first kappa shape index (κ1) is 21.0. The van der Waals surface area contributed by atoms with E-state index in [0.717, 1.165) is 62.8 Å². The molecule has 0 amide bonds. The number of aromatic nitrogens is 2. The molecule has 1 aromatic heterocycles. The van der Waals surface area contributed by atoms with Crippen LogP contribution in [0.5, 0.6) is 5.75 Å². The van der Waals surface area contributed by atoms with Crippen LogP contribution < -0.4 is 20.3 Å². The van der Waals surface area contributed by atoms with Gasteiger partial charge >= 0.3 is 0 Å². The molecule has 2 saturated heterocycles. The fourth-order valence-electron chi connectivity index (χ4n) is 3.76. The average molecular weight is 433 g/mol. The van der Waals surface area contributed by atoms with Crippen molar-refractivity contribution in [3.8, 4) is 5.75 Å². The molecule has 8 nitrogen and oxygen atoms in total. The van der Waals surface area contributed by atoms with Crippen molar-refractivity contribution in [2.24, 2.45) is 0 Å². The van der Waals surface area contributed by atoms with Gasteiger partial charge in [0.25, 0.3) is 0 Å². The Kier molecular flexibility index (Phi) is 6.76. The summed E-state index contributed by atoms with van der Waals surface area (Å²) in [6, 6.07) is 6.08. The van der Waals surface area contributed by atoms with Gasteiger partial charge in [0.2, 0.25) is 5.95 Å². The summed E-state index contributed by atoms with van der Waals surface area (Å²) >= 11 is 6.26. The van der Waals surface area contributed by atoms with Crippen LogP contribution in [0.15, 0.2) is 24.4 Å². The van der Waals surface area contributed by atoms with Crippen LogP contribution in [0.4, 0.5) is 23.1 Å². The SMILES string of the molecule is COc1cc(Nc2ncc(Cl)c(NC[C@H]3CCCO3)n2)ccc1N1CCN(C)CC1. The van der Waals surface area contributed by atoms with E-state index in [-0.39, 0.29) is 6.10 Å². The molecule has 2 fully saturated rings. The van der Waals surface area contributed by atoms with E-state index in [1.54, 1.807) is 13.3 Å². The van der Waals surface area contributed by atoms with Crippen LogP contribution in [0, 0.1) is 0 Å². The van der Waals surface area contributed by atoms with Crippen LogP contribution in [0.2, 0.25) is 5.02 Å². The standard InChI is InChI=1S/C21H29ClN6O2/c1-27-7-9-28(10-8-27)18-6-5-15(12-19(18)29-2)25-21-24-14-17(22)20(26-21)23-13-16-4-3-11-30-16/h5-6,12,14,16H,3-4,7-11,13H2,1-2H3,(H2,23,24,25,26)/t16-/m1/s1. The van der Waals surface area contributed by atoms with E-state index in [1.165, 1.54) is 0 Å². The Bertz CT molecular complexity index is 853. The second-order valence-corrected chi connectivity index (χ2v) is 8.12. The first-order valence-electron chi connectivity index (χ1n) is 10.4. The third-order valence-electron chi connectivity index (χ3n) is 5.55. The zero-order valence-electron chi connectivity index (χ0n) is 17.5. The quantitative estimate of drug-likeness (QED) is 0.690. The topological polar surface area (TPSA) is 74.8 Å². The normalized spacial score (nSPS) is 19.7. The minimum Gasteiger partial charge on any atom is -0.495 e. The Morgan fingerprint density at radius 1 is 1.27 bits per heavy atom. The van der Waals surface area contributed by atoms with Crippen molar-refractivity contribution in [2.45, 2.75) is 18.9 Å². The van der Waals surface area contributed by atoms with Crippen molar-refractivity contribution in [1.82, 2.24) is 14.9 Å². The summed E-state index contributed by atoms with van der Waals surface area (Å²) < 4.78 is 11.3. The molecule has 1 aromatic carbocycles. The summed E-state index contributed by atoms with van der Waals surface area (Å²) in [5.74, 6) is 1.91. The number of ether oxygens (including phenoxy) is 2. The third-order valence-corrected chi connectivity index (χ3v) is 5.82. The molecule has 2 aliphatic heterocycles. The van der Waals surface area contributed by atoms with Gasteiger partial charge in [-0.05, 0) is 32.0 Å². The van der Waals surface area contributed by atoms with Crippen molar-refractivity contribution in [3.05, 3.63) is 29.4 Å². The van der Waals surface area contributed by atoms with Gasteiger partial charge in [-0.3, -0.25) is 0 Å². The summed E-state index contributed by atoms with van der Waals surface area (Å²) in [6.07, 6.45) is 3.96. The Morgan fingerprint density at radius 3 is 2.83 bits per heavy atom. The van der Waals surface area contributed by atoms with E-state index in [2.05, 4.69) is 43.5 Å². The molecule has 2 aliphatic rings. The zero-order chi connectivity index (χ0) is 20.9. The van der Waals surface area contributed by atoms with Crippen molar-refractivity contribution >= 4 is 34.7 Å². The molecule has 0 saturated carbocycles. The van der Waals surface area contributed by atoms with Crippen molar-refractivity contribution < 1.29 is 9.47 Å². The van der Waals surface area contributed by atoms with Gasteiger partial charge in [-0.25, -0.2) is 4.98 Å². The summed E-state index contributed by atoms with van der Waals surface area (Å²) in [5, 5.41) is 7.02. The molecule has 3 heterocycles. The van der Waals surface area contributed by atoms with Gasteiger partial charge in [0.05, 0.1) is 25.1 Å². The van der Waals surface area contributed by atoms with E-state index < -0.39 is 0 Å². The number of hydrogen-bond acceptors (Lipinski definition) is 8. The smallest absolute Gasteiger partial charge is 0.229 e. The van der Waals surface area contributed by atoms with Crippen LogP contribution in [-0.4, -0.2) is 74.5 Å². The van der Waals surface area contributed by atoms with Crippen LogP contribution >= 0.6 is 11.6 Å². The number of rotatable bonds is 7. The molecule has 2 aromatic rings. The van der Waals surface area contributed by atoms with Gasteiger partial charge in [0.15, 0.2) is 5.82 Å². The molecule has 162 valence electrons. The highest BCUT2D eigenvalue weighted by atomic mass is 35.5. The lowest BCUT2D eigenvalue weighted by Crippen LogP contribution is -2.44. The first-order valence-corrected chi connectivity index (χ1v) is 10.8. The van der Waals surface area contributed by atoms with E-state index in [0.29, 0.717) is 23.3 Å². The van der Waals surface area contributed by atoms with Gasteiger partial charge in [0.1, 0.15) is 10.8 Å². The van der Waals surface area contributed by atoms with Gasteiger partial charge in [0, 0.05) is 51.1 Å². The van der Waals surface area contributed by atoms with Gasteiger partial charge < -0.3 is 29.9 Å². The van der Waals surface area contributed by atoms with Crippen molar-refractivity contribution in [1.29, 1.82) is 0 Å². The number of nitrogens with zero attached hydrogens (tertiary/aromatic N) is 4. The fraction of sp³-hybridized carbons (Fsp3) is 0.524. The molecule has 1 atom stereocenters. The number of piperazine rings is 1. The molecular formula is C21H29ClN6O2. The molecule has 0 radical (unpaired) electrons. The first-order chi connectivity index (χ1) is 14.6. The van der Waals surface area contributed by atoms with Crippen LogP contribution in [0.1, 0.15) is 12.8 Å². The number of anilines is 4. The Morgan fingerprint density at radius 2 is 2.10 bits per heavy atom.